The van der Waals surface area contributed by atoms with Crippen molar-refractivity contribution in [3.8, 4) is 51.0 Å². The molecular formula is C47H28N6S. The molecule has 0 unspecified atom stereocenters. The molecule has 6 nitrogen and oxygen atoms in total. The minimum Gasteiger partial charge on any atom is -0.208 e. The highest BCUT2D eigenvalue weighted by Crippen LogP contribution is 2.38. The van der Waals surface area contributed by atoms with Gasteiger partial charge in [-0.15, -0.1) is 21.5 Å². The van der Waals surface area contributed by atoms with Crippen molar-refractivity contribution in [1.29, 1.82) is 0 Å². The number of aromatic nitrogens is 6. The van der Waals surface area contributed by atoms with Crippen LogP contribution >= 0.6 is 11.3 Å². The molecule has 0 radical (unpaired) electrons. The first kappa shape index (κ1) is 30.5. The minimum atomic E-state index is 0.604. The zero-order chi connectivity index (χ0) is 35.6. The molecule has 0 aliphatic rings. The molecule has 0 N–H and O–H groups in total. The molecule has 8 aromatic carbocycles. The van der Waals surface area contributed by atoms with Gasteiger partial charge in [0.15, 0.2) is 17.5 Å². The first-order valence-electron chi connectivity index (χ1n) is 17.8. The average Bonchev–Trinajstić information content (AvgIpc) is 3.86. The van der Waals surface area contributed by atoms with Crippen molar-refractivity contribution in [1.82, 2.24) is 29.9 Å². The van der Waals surface area contributed by atoms with Crippen LogP contribution in [0, 0.1) is 0 Å². The summed E-state index contributed by atoms with van der Waals surface area (Å²) in [5, 5.41) is 16.6. The Labute approximate surface area is 313 Å². The molecule has 7 heteroatoms. The van der Waals surface area contributed by atoms with Gasteiger partial charge in [0.25, 0.3) is 0 Å². The van der Waals surface area contributed by atoms with E-state index in [-0.39, 0.29) is 0 Å². The number of hydrogen-bond donors (Lipinski definition) is 0. The molecule has 0 spiro atoms. The second-order valence-electron chi connectivity index (χ2n) is 13.4. The Kier molecular flexibility index (Phi) is 6.93. The van der Waals surface area contributed by atoms with E-state index < -0.39 is 0 Å². The van der Waals surface area contributed by atoms with E-state index >= 15 is 0 Å². The fraction of sp³-hybridized carbons (Fsp3) is 0. The van der Waals surface area contributed by atoms with Crippen LogP contribution in [0.5, 0.6) is 0 Å². The topological polar surface area (TPSA) is 69.4 Å². The molecule has 0 aliphatic carbocycles. The molecule has 0 saturated heterocycles. The standard InChI is InChI=1S/C47H28N6S/c1-3-11-29(12-4-1)35-15-7-8-17-37(35)47-49-45(48-46(50-47)33-24-26-42-39(28-33)36-16-9-10-18-41(36)54-42)32-22-20-30-19-21-31-23-25-40-44(43(31)38(30)27-32)52-53(51-40)34-13-5-2-6-14-34/h1-28H. The van der Waals surface area contributed by atoms with E-state index in [0.29, 0.717) is 17.5 Å². The lowest BCUT2D eigenvalue weighted by Gasteiger charge is -2.13. The molecule has 3 heterocycles. The van der Waals surface area contributed by atoms with Gasteiger partial charge in [0.1, 0.15) is 11.0 Å². The van der Waals surface area contributed by atoms with E-state index in [1.54, 1.807) is 16.1 Å². The van der Waals surface area contributed by atoms with Crippen molar-refractivity contribution in [3.05, 3.63) is 170 Å². The average molecular weight is 709 g/mol. The van der Waals surface area contributed by atoms with Crippen LogP contribution in [0.2, 0.25) is 0 Å². The van der Waals surface area contributed by atoms with E-state index in [0.717, 1.165) is 66.1 Å². The summed E-state index contributed by atoms with van der Waals surface area (Å²) in [6.07, 6.45) is 0. The van der Waals surface area contributed by atoms with Crippen molar-refractivity contribution in [2.75, 3.05) is 0 Å². The van der Waals surface area contributed by atoms with Crippen LogP contribution in [0.15, 0.2) is 170 Å². The fourth-order valence-electron chi connectivity index (χ4n) is 7.50. The maximum atomic E-state index is 5.23. The lowest BCUT2D eigenvalue weighted by Crippen LogP contribution is -2.01. The van der Waals surface area contributed by atoms with Crippen LogP contribution in [0.3, 0.4) is 0 Å². The Morgan fingerprint density at radius 1 is 0.407 bits per heavy atom. The highest BCUT2D eigenvalue weighted by molar-refractivity contribution is 7.25. The molecule has 3 aromatic heterocycles. The zero-order valence-electron chi connectivity index (χ0n) is 28.8. The maximum Gasteiger partial charge on any atom is 0.164 e. The van der Waals surface area contributed by atoms with Crippen molar-refractivity contribution in [3.63, 3.8) is 0 Å². The van der Waals surface area contributed by atoms with Crippen molar-refractivity contribution >= 4 is 64.1 Å². The maximum absolute atomic E-state index is 5.23. The Morgan fingerprint density at radius 3 is 1.85 bits per heavy atom. The van der Waals surface area contributed by atoms with E-state index in [4.69, 9.17) is 25.1 Å². The van der Waals surface area contributed by atoms with E-state index in [2.05, 4.69) is 121 Å². The third-order valence-corrected chi connectivity index (χ3v) is 11.3. The molecule has 11 rings (SSSR count). The number of hydrogen-bond acceptors (Lipinski definition) is 6. The van der Waals surface area contributed by atoms with Crippen LogP contribution in [0.1, 0.15) is 0 Å². The smallest absolute Gasteiger partial charge is 0.164 e. The van der Waals surface area contributed by atoms with Gasteiger partial charge in [-0.2, -0.15) is 4.80 Å². The highest BCUT2D eigenvalue weighted by atomic mass is 32.1. The van der Waals surface area contributed by atoms with Gasteiger partial charge < -0.3 is 0 Å². The second-order valence-corrected chi connectivity index (χ2v) is 14.5. The number of rotatable bonds is 5. The third-order valence-electron chi connectivity index (χ3n) is 10.1. The van der Waals surface area contributed by atoms with E-state index in [1.165, 1.54) is 20.2 Å². The van der Waals surface area contributed by atoms with E-state index in [9.17, 15) is 0 Å². The van der Waals surface area contributed by atoms with Gasteiger partial charge in [-0.25, -0.2) is 15.0 Å². The Bertz CT molecular complexity index is 3220. The molecule has 0 bridgehead atoms. The van der Waals surface area contributed by atoms with Gasteiger partial charge in [-0.1, -0.05) is 121 Å². The Hall–Kier alpha value is -7.09. The van der Waals surface area contributed by atoms with Crippen LogP contribution < -0.4 is 0 Å². The van der Waals surface area contributed by atoms with Gasteiger partial charge in [-0.3, -0.25) is 0 Å². The van der Waals surface area contributed by atoms with Crippen molar-refractivity contribution < 1.29 is 0 Å². The van der Waals surface area contributed by atoms with Gasteiger partial charge in [0.05, 0.1) is 5.69 Å². The first-order valence-corrected chi connectivity index (χ1v) is 18.7. The van der Waals surface area contributed by atoms with Crippen molar-refractivity contribution in [2.24, 2.45) is 0 Å². The summed E-state index contributed by atoms with van der Waals surface area (Å²) in [5.41, 5.74) is 7.55. The number of fused-ring (bicyclic) bond motifs is 8. The number of thiophene rings is 1. The predicted molar refractivity (Wildman–Crippen MR) is 222 cm³/mol. The monoisotopic (exact) mass is 708 g/mol. The summed E-state index contributed by atoms with van der Waals surface area (Å²) in [6.45, 7) is 0. The summed E-state index contributed by atoms with van der Waals surface area (Å²) >= 11 is 1.80. The number of benzene rings is 8. The lowest BCUT2D eigenvalue weighted by atomic mass is 9.98. The molecule has 0 atom stereocenters. The van der Waals surface area contributed by atoms with Crippen LogP contribution in [-0.4, -0.2) is 29.9 Å². The summed E-state index contributed by atoms with van der Waals surface area (Å²) in [5.74, 6) is 1.85. The SMILES string of the molecule is c1ccc(-c2ccccc2-c2nc(-c3ccc4sc5ccccc5c4c3)nc(-c3ccc4ccc5ccc6nn(-c7ccccc7)nc6c5c4c3)n2)cc1. The van der Waals surface area contributed by atoms with Crippen molar-refractivity contribution in [2.45, 2.75) is 0 Å². The minimum absolute atomic E-state index is 0.604. The van der Waals surface area contributed by atoms with Gasteiger partial charge in [-0.05, 0) is 75.8 Å². The summed E-state index contributed by atoms with van der Waals surface area (Å²) in [6, 6.07) is 58.8. The van der Waals surface area contributed by atoms with Crippen LogP contribution in [0.25, 0.3) is 104 Å². The van der Waals surface area contributed by atoms with Crippen LogP contribution in [0.4, 0.5) is 0 Å². The Morgan fingerprint density at radius 2 is 1.02 bits per heavy atom. The molecule has 0 aliphatic heterocycles. The first-order chi connectivity index (χ1) is 26.7. The predicted octanol–water partition coefficient (Wildman–Crippen LogP) is 11.9. The van der Waals surface area contributed by atoms with Gasteiger partial charge >= 0.3 is 0 Å². The van der Waals surface area contributed by atoms with Crippen LogP contribution in [-0.2, 0) is 0 Å². The van der Waals surface area contributed by atoms with Gasteiger partial charge in [0, 0.05) is 42.2 Å². The lowest BCUT2D eigenvalue weighted by molar-refractivity contribution is 0.766. The summed E-state index contributed by atoms with van der Waals surface area (Å²) in [4.78, 5) is 17.4. The molecular weight excluding hydrogens is 681 g/mol. The number of nitrogens with zero attached hydrogens (tertiary/aromatic N) is 6. The summed E-state index contributed by atoms with van der Waals surface area (Å²) in [7, 11) is 0. The molecule has 54 heavy (non-hydrogen) atoms. The second kappa shape index (κ2) is 12.3. The number of para-hydroxylation sites is 1. The quantitative estimate of drug-likeness (QED) is 0.166. The third kappa shape index (κ3) is 5.05. The largest absolute Gasteiger partial charge is 0.208 e. The zero-order valence-corrected chi connectivity index (χ0v) is 29.6. The molecule has 0 amide bonds. The Balaban J connectivity index is 1.14. The molecule has 0 saturated carbocycles. The molecule has 0 fully saturated rings. The fourth-order valence-corrected chi connectivity index (χ4v) is 8.59. The summed E-state index contributed by atoms with van der Waals surface area (Å²) < 4.78 is 2.50. The molecule has 11 aromatic rings. The molecule has 252 valence electrons. The normalized spacial score (nSPS) is 11.7. The van der Waals surface area contributed by atoms with E-state index in [1.807, 2.05) is 48.5 Å². The highest BCUT2D eigenvalue weighted by Gasteiger charge is 2.18. The van der Waals surface area contributed by atoms with Gasteiger partial charge in [0.2, 0.25) is 0 Å².